The molecule has 100 valence electrons. The lowest BCUT2D eigenvalue weighted by atomic mass is 9.79. The maximum absolute atomic E-state index is 6.16. The normalized spacial score (nSPS) is 33.0. The molecule has 0 aromatic heterocycles. The van der Waals surface area contributed by atoms with Crippen molar-refractivity contribution in [1.29, 1.82) is 0 Å². The zero-order valence-corrected chi connectivity index (χ0v) is 11.7. The molecule has 2 fully saturated rings. The third-order valence-corrected chi connectivity index (χ3v) is 4.26. The van der Waals surface area contributed by atoms with Crippen molar-refractivity contribution in [3.8, 4) is 0 Å². The molecule has 2 rings (SSSR count). The Morgan fingerprint density at radius 3 is 2.53 bits per heavy atom. The Morgan fingerprint density at radius 2 is 2.06 bits per heavy atom. The van der Waals surface area contributed by atoms with Gasteiger partial charge in [-0.05, 0) is 52.5 Å². The molecular weight excluding hydrogens is 212 g/mol. The summed E-state index contributed by atoms with van der Waals surface area (Å²) in [5, 5.41) is 0. The van der Waals surface area contributed by atoms with Crippen molar-refractivity contribution >= 4 is 0 Å². The first-order chi connectivity index (χ1) is 8.03. The van der Waals surface area contributed by atoms with Crippen LogP contribution < -0.4 is 5.73 Å². The largest absolute Gasteiger partial charge is 0.375 e. The van der Waals surface area contributed by atoms with E-state index in [1.165, 1.54) is 25.8 Å². The van der Waals surface area contributed by atoms with Gasteiger partial charge in [0.15, 0.2) is 0 Å². The Hall–Kier alpha value is -0.120. The van der Waals surface area contributed by atoms with Gasteiger partial charge in [-0.3, -0.25) is 4.90 Å². The fourth-order valence-corrected chi connectivity index (χ4v) is 3.42. The maximum Gasteiger partial charge on any atom is 0.0644 e. The van der Waals surface area contributed by atoms with Crippen LogP contribution in [0.1, 0.15) is 52.9 Å². The fourth-order valence-electron chi connectivity index (χ4n) is 3.42. The standard InChI is InChI=1S/C14H28N2O/c1-4-8-16(12-5-6-12)14(11-15)7-9-17-13(2,3)10-14/h12H,4-11,15H2,1-3H3. The molecule has 2 aliphatic rings. The average molecular weight is 240 g/mol. The van der Waals surface area contributed by atoms with E-state index in [1.54, 1.807) is 0 Å². The van der Waals surface area contributed by atoms with Crippen LogP contribution in [0.2, 0.25) is 0 Å². The second kappa shape index (κ2) is 4.87. The highest BCUT2D eigenvalue weighted by Crippen LogP contribution is 2.41. The van der Waals surface area contributed by atoms with Gasteiger partial charge in [0.05, 0.1) is 5.60 Å². The minimum atomic E-state index is -0.0154. The van der Waals surface area contributed by atoms with E-state index in [-0.39, 0.29) is 11.1 Å². The molecule has 1 aliphatic carbocycles. The second-order valence-electron chi connectivity index (χ2n) is 6.39. The Balaban J connectivity index is 2.15. The summed E-state index contributed by atoms with van der Waals surface area (Å²) in [5.41, 5.74) is 6.34. The SMILES string of the molecule is CCCN(C1CC1)C1(CN)CCOC(C)(C)C1. The first-order valence-corrected chi connectivity index (χ1v) is 7.14. The van der Waals surface area contributed by atoms with E-state index in [0.29, 0.717) is 0 Å². The predicted octanol–water partition coefficient (Wildman–Crippen LogP) is 2.15. The maximum atomic E-state index is 6.16. The number of hydrogen-bond donors (Lipinski definition) is 1. The molecule has 17 heavy (non-hydrogen) atoms. The van der Waals surface area contributed by atoms with Crippen molar-refractivity contribution in [1.82, 2.24) is 4.90 Å². The van der Waals surface area contributed by atoms with E-state index in [2.05, 4.69) is 25.7 Å². The molecule has 0 bridgehead atoms. The van der Waals surface area contributed by atoms with Crippen LogP contribution in [-0.4, -0.2) is 41.8 Å². The van der Waals surface area contributed by atoms with Gasteiger partial charge in [-0.1, -0.05) is 6.92 Å². The number of nitrogens with zero attached hydrogens (tertiary/aromatic N) is 1. The smallest absolute Gasteiger partial charge is 0.0644 e. The fraction of sp³-hybridized carbons (Fsp3) is 1.00. The van der Waals surface area contributed by atoms with Crippen LogP contribution in [0.25, 0.3) is 0 Å². The van der Waals surface area contributed by atoms with Crippen LogP contribution in [0.4, 0.5) is 0 Å². The van der Waals surface area contributed by atoms with E-state index < -0.39 is 0 Å². The van der Waals surface area contributed by atoms with Crippen molar-refractivity contribution < 1.29 is 4.74 Å². The van der Waals surface area contributed by atoms with Crippen LogP contribution in [-0.2, 0) is 4.74 Å². The van der Waals surface area contributed by atoms with Gasteiger partial charge in [0.1, 0.15) is 0 Å². The van der Waals surface area contributed by atoms with Gasteiger partial charge in [0, 0.05) is 24.7 Å². The third-order valence-electron chi connectivity index (χ3n) is 4.26. The number of rotatable bonds is 5. The first-order valence-electron chi connectivity index (χ1n) is 7.14. The summed E-state index contributed by atoms with van der Waals surface area (Å²) in [7, 11) is 0. The average Bonchev–Trinajstić information content (AvgIpc) is 3.08. The lowest BCUT2D eigenvalue weighted by molar-refractivity contribution is -0.120. The molecule has 0 radical (unpaired) electrons. The summed E-state index contributed by atoms with van der Waals surface area (Å²) >= 11 is 0. The Morgan fingerprint density at radius 1 is 1.35 bits per heavy atom. The first kappa shape index (κ1) is 13.3. The highest BCUT2D eigenvalue weighted by atomic mass is 16.5. The van der Waals surface area contributed by atoms with Gasteiger partial charge < -0.3 is 10.5 Å². The minimum Gasteiger partial charge on any atom is -0.375 e. The minimum absolute atomic E-state index is 0.0154. The zero-order valence-electron chi connectivity index (χ0n) is 11.7. The summed E-state index contributed by atoms with van der Waals surface area (Å²) in [6.07, 6.45) is 6.13. The van der Waals surface area contributed by atoms with Crippen molar-refractivity contribution in [3.05, 3.63) is 0 Å². The third kappa shape index (κ3) is 2.83. The molecule has 0 amide bonds. The molecule has 1 atom stereocenters. The molecule has 0 aromatic carbocycles. The lowest BCUT2D eigenvalue weighted by Crippen LogP contribution is -2.61. The molecule has 1 saturated heterocycles. The molecule has 0 spiro atoms. The second-order valence-corrected chi connectivity index (χ2v) is 6.39. The molecular formula is C14H28N2O. The van der Waals surface area contributed by atoms with E-state index in [1.807, 2.05) is 0 Å². The molecule has 1 aliphatic heterocycles. The van der Waals surface area contributed by atoms with Crippen LogP contribution in [0.5, 0.6) is 0 Å². The quantitative estimate of drug-likeness (QED) is 0.800. The van der Waals surface area contributed by atoms with Gasteiger partial charge in [-0.25, -0.2) is 0 Å². The van der Waals surface area contributed by atoms with Crippen molar-refractivity contribution in [2.24, 2.45) is 5.73 Å². The molecule has 2 N–H and O–H groups in total. The summed E-state index contributed by atoms with van der Waals surface area (Å²) in [6.45, 7) is 9.50. The van der Waals surface area contributed by atoms with Crippen LogP contribution in [0, 0.1) is 0 Å². The van der Waals surface area contributed by atoms with E-state index >= 15 is 0 Å². The van der Waals surface area contributed by atoms with Crippen molar-refractivity contribution in [2.45, 2.75) is 70.1 Å². The van der Waals surface area contributed by atoms with Gasteiger partial charge in [0.25, 0.3) is 0 Å². The van der Waals surface area contributed by atoms with Crippen molar-refractivity contribution in [3.63, 3.8) is 0 Å². The summed E-state index contributed by atoms with van der Waals surface area (Å²) < 4.78 is 5.87. The Kier molecular flexibility index (Phi) is 3.81. The zero-order chi connectivity index (χ0) is 12.5. The molecule has 1 unspecified atom stereocenters. The molecule has 1 heterocycles. The van der Waals surface area contributed by atoms with Gasteiger partial charge in [-0.2, -0.15) is 0 Å². The van der Waals surface area contributed by atoms with E-state index in [0.717, 1.165) is 32.0 Å². The lowest BCUT2D eigenvalue weighted by Gasteiger charge is -2.51. The van der Waals surface area contributed by atoms with Crippen LogP contribution in [0.15, 0.2) is 0 Å². The highest BCUT2D eigenvalue weighted by molar-refractivity contribution is 5.03. The van der Waals surface area contributed by atoms with Crippen LogP contribution in [0.3, 0.4) is 0 Å². The van der Waals surface area contributed by atoms with Crippen molar-refractivity contribution in [2.75, 3.05) is 19.7 Å². The summed E-state index contributed by atoms with van der Waals surface area (Å²) in [5.74, 6) is 0. The molecule has 1 saturated carbocycles. The van der Waals surface area contributed by atoms with Gasteiger partial charge in [0.2, 0.25) is 0 Å². The van der Waals surface area contributed by atoms with Gasteiger partial charge >= 0.3 is 0 Å². The van der Waals surface area contributed by atoms with Crippen LogP contribution >= 0.6 is 0 Å². The molecule has 0 aromatic rings. The number of nitrogens with two attached hydrogens (primary N) is 1. The van der Waals surface area contributed by atoms with E-state index in [9.17, 15) is 0 Å². The summed E-state index contributed by atoms with van der Waals surface area (Å²) in [4.78, 5) is 2.71. The number of ether oxygens (including phenoxy) is 1. The molecule has 3 nitrogen and oxygen atoms in total. The Bertz CT molecular complexity index is 263. The monoisotopic (exact) mass is 240 g/mol. The van der Waals surface area contributed by atoms with E-state index in [4.69, 9.17) is 10.5 Å². The molecule has 3 heteroatoms. The topological polar surface area (TPSA) is 38.5 Å². The number of hydrogen-bond acceptors (Lipinski definition) is 3. The summed E-state index contributed by atoms with van der Waals surface area (Å²) in [6, 6.07) is 0.799. The Labute approximate surface area is 106 Å². The highest BCUT2D eigenvalue weighted by Gasteiger charge is 2.48. The van der Waals surface area contributed by atoms with Gasteiger partial charge in [-0.15, -0.1) is 0 Å². The predicted molar refractivity (Wildman–Crippen MR) is 71.1 cm³/mol.